The van der Waals surface area contributed by atoms with Gasteiger partial charge in [-0.25, -0.2) is 0 Å². The van der Waals surface area contributed by atoms with Crippen LogP contribution in [0.1, 0.15) is 16.1 Å². The number of hydrogen-bond donors (Lipinski definition) is 3. The minimum Gasteiger partial charge on any atom is -0.506 e. The van der Waals surface area contributed by atoms with E-state index >= 15 is 0 Å². The lowest BCUT2D eigenvalue weighted by atomic mass is 10.1. The molecule has 0 aliphatic rings. The van der Waals surface area contributed by atoms with Crippen LogP contribution in [0, 0.1) is 6.92 Å². The number of carbonyl (C=O) groups is 1. The smallest absolute Gasteiger partial charge is 0.255 e. The maximum Gasteiger partial charge on any atom is 0.255 e. The normalized spacial score (nSPS) is 10.1. The molecule has 4 N–H and O–H groups in total. The van der Waals surface area contributed by atoms with E-state index in [1.54, 1.807) is 24.4 Å². The van der Waals surface area contributed by atoms with Crippen LogP contribution in [-0.2, 0) is 0 Å². The second-order valence-corrected chi connectivity index (χ2v) is 3.91. The number of benzene rings is 1. The Labute approximate surface area is 104 Å². The predicted molar refractivity (Wildman–Crippen MR) is 69.4 cm³/mol. The summed E-state index contributed by atoms with van der Waals surface area (Å²) in [7, 11) is 0. The Morgan fingerprint density at radius 2 is 2.11 bits per heavy atom. The summed E-state index contributed by atoms with van der Waals surface area (Å²) < 4.78 is 0. The summed E-state index contributed by atoms with van der Waals surface area (Å²) in [5.74, 6) is -0.413. The summed E-state index contributed by atoms with van der Waals surface area (Å²) in [6, 6.07) is 7.83. The molecule has 92 valence electrons. The van der Waals surface area contributed by atoms with Crippen molar-refractivity contribution >= 4 is 17.3 Å². The molecule has 0 atom stereocenters. The molecule has 0 aliphatic heterocycles. The lowest BCUT2D eigenvalue weighted by Gasteiger charge is -2.06. The van der Waals surface area contributed by atoms with E-state index in [0.29, 0.717) is 11.3 Å². The molecule has 1 heterocycles. The molecule has 1 amide bonds. The number of pyridine rings is 1. The summed E-state index contributed by atoms with van der Waals surface area (Å²) in [6.07, 6.45) is 1.62. The van der Waals surface area contributed by atoms with E-state index in [1.165, 1.54) is 12.1 Å². The zero-order valence-electron chi connectivity index (χ0n) is 9.84. The number of anilines is 2. The van der Waals surface area contributed by atoms with Gasteiger partial charge in [-0.1, -0.05) is 0 Å². The molecular weight excluding hydrogens is 230 g/mol. The number of carbonyl (C=O) groups excluding carboxylic acids is 1. The van der Waals surface area contributed by atoms with Gasteiger partial charge in [0, 0.05) is 23.1 Å². The number of phenols is 1. The summed E-state index contributed by atoms with van der Waals surface area (Å²) in [6.45, 7) is 1.84. The number of aromatic hydroxyl groups is 1. The topological polar surface area (TPSA) is 88.2 Å². The molecule has 2 aromatic rings. The maximum atomic E-state index is 11.9. The third-order valence-corrected chi connectivity index (χ3v) is 2.45. The Morgan fingerprint density at radius 3 is 2.78 bits per heavy atom. The molecule has 0 aliphatic carbocycles. The van der Waals surface area contributed by atoms with Gasteiger partial charge in [0.15, 0.2) is 0 Å². The van der Waals surface area contributed by atoms with E-state index in [0.717, 1.165) is 5.69 Å². The van der Waals surface area contributed by atoms with Gasteiger partial charge >= 0.3 is 0 Å². The van der Waals surface area contributed by atoms with Gasteiger partial charge in [0.1, 0.15) is 5.75 Å². The average molecular weight is 243 g/mol. The fraction of sp³-hybridized carbons (Fsp3) is 0.0769. The molecule has 0 fully saturated rings. The van der Waals surface area contributed by atoms with Gasteiger partial charge in [-0.15, -0.1) is 0 Å². The van der Waals surface area contributed by atoms with E-state index in [-0.39, 0.29) is 17.3 Å². The van der Waals surface area contributed by atoms with Gasteiger partial charge in [0.2, 0.25) is 0 Å². The largest absolute Gasteiger partial charge is 0.506 e. The molecule has 0 radical (unpaired) electrons. The SMILES string of the molecule is Cc1cc(NC(=O)c2ccc(N)c(O)c2)ccn1. The first kappa shape index (κ1) is 11.9. The molecule has 1 aromatic carbocycles. The van der Waals surface area contributed by atoms with Crippen molar-refractivity contribution in [2.75, 3.05) is 11.1 Å². The number of nitrogens with two attached hydrogens (primary N) is 1. The average Bonchev–Trinajstić information content (AvgIpc) is 2.32. The third-order valence-electron chi connectivity index (χ3n) is 2.45. The van der Waals surface area contributed by atoms with Crippen LogP contribution in [0.5, 0.6) is 5.75 Å². The number of nitrogens with zero attached hydrogens (tertiary/aromatic N) is 1. The number of rotatable bonds is 2. The number of phenolic OH excluding ortho intramolecular Hbond substituents is 1. The number of nitrogen functional groups attached to an aromatic ring is 1. The van der Waals surface area contributed by atoms with Gasteiger partial charge in [-0.3, -0.25) is 9.78 Å². The minimum atomic E-state index is -0.309. The molecule has 5 nitrogen and oxygen atoms in total. The van der Waals surface area contributed by atoms with Crippen molar-refractivity contribution in [1.82, 2.24) is 4.98 Å². The van der Waals surface area contributed by atoms with E-state index in [9.17, 15) is 9.90 Å². The molecule has 2 rings (SSSR count). The number of nitrogens with one attached hydrogen (secondary N) is 1. The van der Waals surface area contributed by atoms with E-state index in [2.05, 4.69) is 10.3 Å². The molecule has 0 bridgehead atoms. The highest BCUT2D eigenvalue weighted by Crippen LogP contribution is 2.21. The van der Waals surface area contributed by atoms with Gasteiger partial charge in [-0.05, 0) is 37.3 Å². The highest BCUT2D eigenvalue weighted by molar-refractivity contribution is 6.04. The lowest BCUT2D eigenvalue weighted by molar-refractivity contribution is 0.102. The first-order valence-corrected chi connectivity index (χ1v) is 5.39. The Bertz CT molecular complexity index is 597. The van der Waals surface area contributed by atoms with Crippen LogP contribution in [0.4, 0.5) is 11.4 Å². The minimum absolute atomic E-state index is 0.103. The number of aryl methyl sites for hydroxylation is 1. The zero-order valence-corrected chi connectivity index (χ0v) is 9.84. The van der Waals surface area contributed by atoms with Crippen LogP contribution in [0.25, 0.3) is 0 Å². The van der Waals surface area contributed by atoms with E-state index in [1.807, 2.05) is 6.92 Å². The first-order chi connectivity index (χ1) is 8.56. The van der Waals surface area contributed by atoms with Crippen LogP contribution in [0.15, 0.2) is 36.5 Å². The summed E-state index contributed by atoms with van der Waals surface area (Å²) in [5.41, 5.74) is 7.53. The van der Waals surface area contributed by atoms with E-state index in [4.69, 9.17) is 5.73 Å². The quantitative estimate of drug-likeness (QED) is 0.555. The lowest BCUT2D eigenvalue weighted by Crippen LogP contribution is -2.12. The van der Waals surface area contributed by atoms with Gasteiger partial charge in [-0.2, -0.15) is 0 Å². The van der Waals surface area contributed by atoms with Gasteiger partial charge in [0.25, 0.3) is 5.91 Å². The number of aromatic nitrogens is 1. The molecule has 1 aromatic heterocycles. The highest BCUT2D eigenvalue weighted by Gasteiger charge is 2.08. The van der Waals surface area contributed by atoms with Crippen molar-refractivity contribution in [2.45, 2.75) is 6.92 Å². The fourth-order valence-electron chi connectivity index (χ4n) is 1.51. The molecule has 18 heavy (non-hydrogen) atoms. The van der Waals surface area contributed by atoms with Crippen molar-refractivity contribution < 1.29 is 9.90 Å². The first-order valence-electron chi connectivity index (χ1n) is 5.39. The molecule has 0 saturated heterocycles. The van der Waals surface area contributed by atoms with Crippen molar-refractivity contribution in [3.05, 3.63) is 47.8 Å². The van der Waals surface area contributed by atoms with Crippen LogP contribution in [0.3, 0.4) is 0 Å². The molecular formula is C13H13N3O2. The summed E-state index contributed by atoms with van der Waals surface area (Å²) in [5, 5.41) is 12.2. The fourth-order valence-corrected chi connectivity index (χ4v) is 1.51. The Balaban J connectivity index is 2.19. The molecule has 0 unspecified atom stereocenters. The van der Waals surface area contributed by atoms with Crippen LogP contribution in [0.2, 0.25) is 0 Å². The Morgan fingerprint density at radius 1 is 1.33 bits per heavy atom. The van der Waals surface area contributed by atoms with Crippen LogP contribution in [-0.4, -0.2) is 16.0 Å². The monoisotopic (exact) mass is 243 g/mol. The van der Waals surface area contributed by atoms with Crippen molar-refractivity contribution in [2.24, 2.45) is 0 Å². The Hall–Kier alpha value is -2.56. The summed E-state index contributed by atoms with van der Waals surface area (Å²) >= 11 is 0. The molecule has 0 saturated carbocycles. The van der Waals surface area contributed by atoms with Gasteiger partial charge < -0.3 is 16.2 Å². The number of hydrogen-bond acceptors (Lipinski definition) is 4. The zero-order chi connectivity index (χ0) is 13.1. The third kappa shape index (κ3) is 2.57. The standard InChI is InChI=1S/C13H13N3O2/c1-8-6-10(4-5-15-8)16-13(18)9-2-3-11(14)12(17)7-9/h2-7,17H,14H2,1H3,(H,15,16,18). The van der Waals surface area contributed by atoms with Crippen molar-refractivity contribution in [1.29, 1.82) is 0 Å². The van der Waals surface area contributed by atoms with E-state index < -0.39 is 0 Å². The predicted octanol–water partition coefficient (Wildman–Crippen LogP) is 1.93. The maximum absolute atomic E-state index is 11.9. The molecule has 5 heteroatoms. The Kier molecular flexibility index (Phi) is 3.14. The van der Waals surface area contributed by atoms with Crippen molar-refractivity contribution in [3.63, 3.8) is 0 Å². The molecule has 0 spiro atoms. The second kappa shape index (κ2) is 4.75. The van der Waals surface area contributed by atoms with Crippen molar-refractivity contribution in [3.8, 4) is 5.75 Å². The van der Waals surface area contributed by atoms with Crippen LogP contribution >= 0.6 is 0 Å². The summed E-state index contributed by atoms with van der Waals surface area (Å²) in [4.78, 5) is 15.9. The van der Waals surface area contributed by atoms with Gasteiger partial charge in [0.05, 0.1) is 5.69 Å². The van der Waals surface area contributed by atoms with Crippen LogP contribution < -0.4 is 11.1 Å². The number of amides is 1. The highest BCUT2D eigenvalue weighted by atomic mass is 16.3. The second-order valence-electron chi connectivity index (χ2n) is 3.91.